The van der Waals surface area contributed by atoms with Crippen LogP contribution in [-0.4, -0.2) is 63.8 Å². The Hall–Kier alpha value is 0.116. The van der Waals surface area contributed by atoms with Crippen molar-refractivity contribution in [3.05, 3.63) is 75.0 Å². The number of Topliss-reactive ketones (excluding diaryl/α,β-unsaturated/α-hetero) is 2. The van der Waals surface area contributed by atoms with E-state index in [-0.39, 0.29) is 95.7 Å². The number of carbonyl (C=O) groups excluding carboxylic acids is 2. The van der Waals surface area contributed by atoms with Gasteiger partial charge < -0.3 is 24.4 Å². The average molecular weight is 936 g/mol. The molecule has 0 amide bonds. The normalized spacial score (nSPS) is 27.6. The van der Waals surface area contributed by atoms with Gasteiger partial charge in [0, 0.05) is 40.6 Å². The van der Waals surface area contributed by atoms with Crippen molar-refractivity contribution in [1.29, 1.82) is 0 Å². The van der Waals surface area contributed by atoms with Crippen LogP contribution in [0.1, 0.15) is 134 Å². The van der Waals surface area contributed by atoms with Crippen molar-refractivity contribution in [3.63, 3.8) is 0 Å². The summed E-state index contributed by atoms with van der Waals surface area (Å²) < 4.78 is 31.9. The number of nitrogens with zero attached hydrogens (tertiary/aromatic N) is 1. The minimum absolute atomic E-state index is 0. The summed E-state index contributed by atoms with van der Waals surface area (Å²) in [5.41, 5.74) is 2.42. The molecule has 0 spiro atoms. The summed E-state index contributed by atoms with van der Waals surface area (Å²) in [6, 6.07) is 10.1. The molecule has 2 aromatic carbocycles. The summed E-state index contributed by atoms with van der Waals surface area (Å²) >= 11 is 23.9. The van der Waals surface area contributed by atoms with Crippen molar-refractivity contribution < 1.29 is 35.0 Å². The fourth-order valence-electron chi connectivity index (χ4n) is 8.49. The molecular weight excluding hydrogens is 883 g/mol. The van der Waals surface area contributed by atoms with E-state index in [0.29, 0.717) is 44.1 Å². The first kappa shape index (κ1) is 50.3. The smallest absolute Gasteiger partial charge is 1.00 e. The third-order valence-electron chi connectivity index (χ3n) is 11.6. The van der Waals surface area contributed by atoms with Gasteiger partial charge in [-0.1, -0.05) is 46.4 Å². The fraction of sp³-hybridized carbons (Fsp3) is 0.600. The Labute approximate surface area is 374 Å². The predicted molar refractivity (Wildman–Crippen MR) is 227 cm³/mol. The van der Waals surface area contributed by atoms with Crippen LogP contribution in [0.4, 0.5) is 0 Å². The molecule has 14 heteroatoms. The van der Waals surface area contributed by atoms with Gasteiger partial charge in [-0.2, -0.15) is 4.40 Å². The van der Waals surface area contributed by atoms with Crippen LogP contribution in [0, 0.1) is 29.1 Å². The van der Waals surface area contributed by atoms with Gasteiger partial charge in [-0.25, -0.2) is 13.1 Å². The first-order valence-corrected chi connectivity index (χ1v) is 21.2. The van der Waals surface area contributed by atoms with E-state index in [1.54, 1.807) is 36.4 Å². The maximum atomic E-state index is 12.6. The topological polar surface area (TPSA) is 92.7 Å². The van der Waals surface area contributed by atoms with Crippen LogP contribution in [0.5, 0.6) is 0 Å². The predicted octanol–water partition coefficient (Wildman–Crippen LogP) is 8.30. The molecule has 296 valence electrons. The maximum Gasteiger partial charge on any atom is 2.00 e. The molecule has 0 heterocycles. The second-order valence-corrected chi connectivity index (χ2v) is 23.7. The quantitative estimate of drug-likeness (QED) is 0.106. The number of hydrogen-bond donors (Lipinski definition) is 1. The molecule has 6 aliphatic rings. The van der Waals surface area contributed by atoms with Crippen molar-refractivity contribution in [3.8, 4) is 0 Å². The molecule has 0 saturated heterocycles. The van der Waals surface area contributed by atoms with E-state index in [1.807, 2.05) is 48.5 Å². The Morgan fingerprint density at radius 1 is 0.704 bits per heavy atom. The van der Waals surface area contributed by atoms with Crippen LogP contribution in [0.3, 0.4) is 0 Å². The van der Waals surface area contributed by atoms with E-state index < -0.39 is 22.0 Å². The zero-order valence-corrected chi connectivity index (χ0v) is 40.8. The van der Waals surface area contributed by atoms with E-state index in [2.05, 4.69) is 23.0 Å². The van der Waals surface area contributed by atoms with Crippen molar-refractivity contribution in [2.45, 2.75) is 129 Å². The van der Waals surface area contributed by atoms with E-state index in [0.717, 1.165) is 44.2 Å². The number of benzene rings is 2. The second-order valence-electron chi connectivity index (χ2n) is 18.2. The molecule has 6 nitrogen and oxygen atoms in total. The number of carbonyl (C=O) groups is 2. The zero-order valence-electron chi connectivity index (χ0n) is 33.1. The average Bonchev–Trinajstić information content (AvgIpc) is 2.92. The monoisotopic (exact) mass is 932 g/mol. The van der Waals surface area contributed by atoms with Crippen LogP contribution in [-0.2, 0) is 22.0 Å². The first-order valence-electron chi connectivity index (χ1n) is 17.4. The molecule has 6 aliphatic carbocycles. The Kier molecular flexibility index (Phi) is 16.2. The molecule has 4 bridgehead atoms. The molecule has 0 aromatic heterocycles. The van der Waals surface area contributed by atoms with Gasteiger partial charge in [0.05, 0.1) is 40.6 Å². The molecule has 2 aromatic rings. The van der Waals surface area contributed by atoms with Crippen LogP contribution in [0.2, 0.25) is 20.1 Å². The Balaban J connectivity index is 0.000000354. The maximum absolute atomic E-state index is 12.6. The van der Waals surface area contributed by atoms with E-state index in [4.69, 9.17) is 46.4 Å². The largest absolute Gasteiger partial charge is 2.00 e. The summed E-state index contributed by atoms with van der Waals surface area (Å²) in [6.07, 6.45) is 6.99. The first-order chi connectivity index (χ1) is 23.3. The molecule has 2 atom stereocenters. The van der Waals surface area contributed by atoms with E-state index in [1.165, 1.54) is 0 Å². The molecule has 2 unspecified atom stereocenters. The van der Waals surface area contributed by atoms with Crippen molar-refractivity contribution in [2.24, 2.45) is 26.1 Å². The standard InChI is InChI=1S/C20H27Cl2NO2S.C19H23Cl2NO2S.CH3.BrH.Mg/c1-17(2,3)26(25)23-18(4,5)20-10-19(11-20,12-20)9-16(24)13-6-7-14(21)15(22)8-13;1-12(22-25(24)17(2,3)4)19-9-18(10-19,11-19)8-16(23)13-5-6-14(20)15(21)7-13;;;/h6-8,23H,9-12H2,1-5H3;5-7H,8-11H2,1-4H3;1H3;1H;/q;;-1;;+2/p-1. The molecule has 1 N–H and O–H groups in total. The van der Waals surface area contributed by atoms with Crippen LogP contribution in [0.15, 0.2) is 40.8 Å². The SMILES string of the molecule is CC(=NS(=O)C(C)(C)C)C12CC(CC(=O)c3ccc(Cl)c(Cl)c3)(C1)C2.CC(C)(C)S(=O)NC(C)(C)C12CC(CC(=O)c3ccc(Cl)c(Cl)c3)(C1)C2.[Br-].[CH3-].[Mg+2]. The summed E-state index contributed by atoms with van der Waals surface area (Å²) in [7, 11) is -2.32. The number of halogens is 5. The molecular formula is C40H53BrCl4MgN2O4S2. The number of ketones is 2. The van der Waals surface area contributed by atoms with E-state index >= 15 is 0 Å². The third kappa shape index (κ3) is 10.1. The van der Waals surface area contributed by atoms with Gasteiger partial charge in [0.25, 0.3) is 0 Å². The molecule has 6 saturated carbocycles. The second kappa shape index (κ2) is 17.4. The Morgan fingerprint density at radius 2 is 1.09 bits per heavy atom. The van der Waals surface area contributed by atoms with Gasteiger partial charge in [0.1, 0.15) is 11.0 Å². The number of nitrogens with one attached hydrogen (secondary N) is 1. The number of hydrogen-bond acceptors (Lipinski definition) is 4. The van der Waals surface area contributed by atoms with Crippen molar-refractivity contribution in [2.75, 3.05) is 0 Å². The van der Waals surface area contributed by atoms with Gasteiger partial charge in [0.2, 0.25) is 0 Å². The molecule has 8 rings (SSSR count). The van der Waals surface area contributed by atoms with Gasteiger partial charge in [-0.15, -0.1) is 0 Å². The van der Waals surface area contributed by atoms with Crippen LogP contribution >= 0.6 is 46.4 Å². The zero-order chi connectivity index (χ0) is 38.2. The van der Waals surface area contributed by atoms with Crippen LogP contribution in [0.25, 0.3) is 0 Å². The van der Waals surface area contributed by atoms with Crippen molar-refractivity contribution in [1.82, 2.24) is 4.72 Å². The Morgan fingerprint density at radius 3 is 1.44 bits per heavy atom. The molecule has 6 fully saturated rings. The summed E-state index contributed by atoms with van der Waals surface area (Å²) in [6.45, 7) is 18.0. The summed E-state index contributed by atoms with van der Waals surface area (Å²) in [4.78, 5) is 25.2. The van der Waals surface area contributed by atoms with Gasteiger partial charge >= 0.3 is 23.1 Å². The summed E-state index contributed by atoms with van der Waals surface area (Å²) in [5.74, 6) is 0.237. The van der Waals surface area contributed by atoms with Gasteiger partial charge in [-0.3, -0.25) is 9.59 Å². The molecule has 0 radical (unpaired) electrons. The number of rotatable bonds is 11. The fourth-order valence-corrected chi connectivity index (χ4v) is 10.8. The molecule has 54 heavy (non-hydrogen) atoms. The van der Waals surface area contributed by atoms with Gasteiger partial charge in [0.15, 0.2) is 11.6 Å². The van der Waals surface area contributed by atoms with Crippen LogP contribution < -0.4 is 21.7 Å². The molecule has 0 aliphatic heterocycles. The van der Waals surface area contributed by atoms with Crippen molar-refractivity contribution >= 4 is 109 Å². The minimum atomic E-state index is -1.22. The van der Waals surface area contributed by atoms with Gasteiger partial charge in [-0.05, 0) is 153 Å². The minimum Gasteiger partial charge on any atom is -1.00 e. The third-order valence-corrected chi connectivity index (χ3v) is 16.3. The van der Waals surface area contributed by atoms with E-state index in [9.17, 15) is 18.0 Å². The summed E-state index contributed by atoms with van der Waals surface area (Å²) in [5, 5.41) is 1.75. The Bertz CT molecular complexity index is 1820.